The Morgan fingerprint density at radius 1 is 1.17 bits per heavy atom. The molecule has 1 N–H and O–H groups in total. The lowest BCUT2D eigenvalue weighted by molar-refractivity contribution is -0.117. The molecule has 5 rings (SSSR count). The lowest BCUT2D eigenvalue weighted by atomic mass is 10.1. The van der Waals surface area contributed by atoms with Crippen molar-refractivity contribution >= 4 is 22.9 Å². The Labute approximate surface area is 176 Å². The minimum atomic E-state index is -0.275. The molecular weight excluding hydrogens is 401 g/mol. The Morgan fingerprint density at radius 2 is 2.03 bits per heavy atom. The van der Waals surface area contributed by atoms with Crippen LogP contribution < -0.4 is 5.32 Å². The van der Waals surface area contributed by atoms with E-state index < -0.39 is 0 Å². The third-order valence-corrected chi connectivity index (χ3v) is 6.16. The number of thiophene rings is 1. The van der Waals surface area contributed by atoms with E-state index in [2.05, 4.69) is 15.5 Å². The van der Waals surface area contributed by atoms with Gasteiger partial charge in [-0.15, -0.1) is 11.3 Å². The SMILES string of the molecule is Cc1ccc(-c2noc(-c3cccc(NC(=O)C4CC4c4cccc(F)c4)c3)n2)s1. The fraction of sp³-hybridized carbons (Fsp3) is 0.174. The normalized spacial score (nSPS) is 17.7. The number of aryl methyl sites for hydroxylation is 1. The molecule has 30 heavy (non-hydrogen) atoms. The zero-order chi connectivity index (χ0) is 20.7. The van der Waals surface area contributed by atoms with Crippen LogP contribution in [0.3, 0.4) is 0 Å². The van der Waals surface area contributed by atoms with Gasteiger partial charge in [-0.1, -0.05) is 23.4 Å². The van der Waals surface area contributed by atoms with Crippen LogP contribution in [-0.2, 0) is 4.79 Å². The van der Waals surface area contributed by atoms with Crippen molar-refractivity contribution in [2.24, 2.45) is 5.92 Å². The number of halogens is 1. The van der Waals surface area contributed by atoms with Gasteiger partial charge in [0.25, 0.3) is 5.89 Å². The number of carbonyl (C=O) groups is 1. The molecule has 2 atom stereocenters. The summed E-state index contributed by atoms with van der Waals surface area (Å²) in [5.74, 6) is 0.526. The zero-order valence-corrected chi connectivity index (χ0v) is 16.9. The average molecular weight is 419 g/mol. The molecule has 0 radical (unpaired) electrons. The zero-order valence-electron chi connectivity index (χ0n) is 16.1. The Balaban J connectivity index is 1.29. The van der Waals surface area contributed by atoms with Crippen LogP contribution in [0.2, 0.25) is 0 Å². The van der Waals surface area contributed by atoms with Gasteiger partial charge in [-0.3, -0.25) is 4.79 Å². The molecule has 1 fully saturated rings. The van der Waals surface area contributed by atoms with Crippen molar-refractivity contribution in [2.75, 3.05) is 5.32 Å². The molecule has 0 aliphatic heterocycles. The maximum atomic E-state index is 13.4. The third kappa shape index (κ3) is 3.76. The molecule has 1 aliphatic rings. The molecule has 2 aromatic carbocycles. The van der Waals surface area contributed by atoms with Crippen molar-refractivity contribution in [3.63, 3.8) is 0 Å². The van der Waals surface area contributed by atoms with E-state index in [1.807, 2.05) is 49.4 Å². The molecule has 0 bridgehead atoms. The molecule has 4 aromatic rings. The van der Waals surface area contributed by atoms with Crippen LogP contribution in [0.1, 0.15) is 22.8 Å². The quantitative estimate of drug-likeness (QED) is 0.454. The predicted molar refractivity (Wildman–Crippen MR) is 114 cm³/mol. The lowest BCUT2D eigenvalue weighted by Crippen LogP contribution is -2.14. The largest absolute Gasteiger partial charge is 0.334 e. The smallest absolute Gasteiger partial charge is 0.258 e. The summed E-state index contributed by atoms with van der Waals surface area (Å²) in [6.07, 6.45) is 0.724. The van der Waals surface area contributed by atoms with Crippen LogP contribution in [0.25, 0.3) is 22.2 Å². The molecule has 1 aliphatic carbocycles. The first-order valence-corrected chi connectivity index (χ1v) is 10.5. The molecule has 7 heteroatoms. The number of hydrogen-bond acceptors (Lipinski definition) is 5. The van der Waals surface area contributed by atoms with Crippen LogP contribution >= 0.6 is 11.3 Å². The topological polar surface area (TPSA) is 68.0 Å². The number of hydrogen-bond donors (Lipinski definition) is 1. The second-order valence-electron chi connectivity index (χ2n) is 7.41. The van der Waals surface area contributed by atoms with Crippen molar-refractivity contribution in [1.29, 1.82) is 0 Å². The van der Waals surface area contributed by atoms with Crippen molar-refractivity contribution in [1.82, 2.24) is 10.1 Å². The molecule has 2 aromatic heterocycles. The third-order valence-electron chi connectivity index (χ3n) is 5.17. The highest BCUT2D eigenvalue weighted by atomic mass is 32.1. The van der Waals surface area contributed by atoms with E-state index in [0.29, 0.717) is 17.4 Å². The second kappa shape index (κ2) is 7.50. The highest BCUT2D eigenvalue weighted by Gasteiger charge is 2.44. The van der Waals surface area contributed by atoms with Crippen LogP contribution in [0, 0.1) is 18.7 Å². The van der Waals surface area contributed by atoms with Gasteiger partial charge in [-0.25, -0.2) is 4.39 Å². The summed E-state index contributed by atoms with van der Waals surface area (Å²) in [5.41, 5.74) is 2.26. The van der Waals surface area contributed by atoms with E-state index in [0.717, 1.165) is 22.4 Å². The first kappa shape index (κ1) is 18.7. The average Bonchev–Trinajstić information content (AvgIpc) is 3.18. The van der Waals surface area contributed by atoms with E-state index in [1.165, 1.54) is 17.0 Å². The fourth-order valence-electron chi connectivity index (χ4n) is 3.55. The summed E-state index contributed by atoms with van der Waals surface area (Å²) < 4.78 is 18.8. The molecule has 0 saturated heterocycles. The van der Waals surface area contributed by atoms with Crippen molar-refractivity contribution in [3.8, 4) is 22.2 Å². The molecule has 1 saturated carbocycles. The lowest BCUT2D eigenvalue weighted by Gasteiger charge is -2.06. The van der Waals surface area contributed by atoms with Gasteiger partial charge in [-0.2, -0.15) is 4.98 Å². The molecular formula is C23H18FN3O2S. The van der Waals surface area contributed by atoms with Crippen LogP contribution in [-0.4, -0.2) is 16.0 Å². The fourth-order valence-corrected chi connectivity index (χ4v) is 4.34. The maximum Gasteiger partial charge on any atom is 0.258 e. The molecule has 0 spiro atoms. The number of benzene rings is 2. The number of carbonyl (C=O) groups excluding carboxylic acids is 1. The van der Waals surface area contributed by atoms with E-state index in [-0.39, 0.29) is 23.6 Å². The number of anilines is 1. The number of nitrogens with one attached hydrogen (secondary N) is 1. The molecule has 2 unspecified atom stereocenters. The van der Waals surface area contributed by atoms with Crippen molar-refractivity contribution in [2.45, 2.75) is 19.3 Å². The van der Waals surface area contributed by atoms with Gasteiger partial charge >= 0.3 is 0 Å². The Morgan fingerprint density at radius 3 is 2.83 bits per heavy atom. The summed E-state index contributed by atoms with van der Waals surface area (Å²) in [7, 11) is 0. The van der Waals surface area contributed by atoms with Gasteiger partial charge in [0.1, 0.15) is 5.82 Å². The summed E-state index contributed by atoms with van der Waals surface area (Å²) in [6.45, 7) is 2.03. The Hall–Kier alpha value is -3.32. The number of amides is 1. The summed E-state index contributed by atoms with van der Waals surface area (Å²) in [5, 5.41) is 7.01. The number of aromatic nitrogens is 2. The predicted octanol–water partition coefficient (Wildman–Crippen LogP) is 5.65. The maximum absolute atomic E-state index is 13.4. The summed E-state index contributed by atoms with van der Waals surface area (Å²) in [6, 6.07) is 17.8. The Bertz CT molecular complexity index is 1230. The van der Waals surface area contributed by atoms with Gasteiger partial charge in [-0.05, 0) is 67.3 Å². The highest BCUT2D eigenvalue weighted by molar-refractivity contribution is 7.15. The van der Waals surface area contributed by atoms with Gasteiger partial charge in [0, 0.05) is 22.0 Å². The number of nitrogens with zero attached hydrogens (tertiary/aromatic N) is 2. The molecule has 150 valence electrons. The van der Waals surface area contributed by atoms with E-state index in [1.54, 1.807) is 17.4 Å². The standard InChI is InChI=1S/C23H18FN3O2S/c1-13-8-9-20(30-13)21-26-23(29-27-21)15-5-3-7-17(11-15)25-22(28)19-12-18(19)14-4-2-6-16(24)10-14/h2-11,18-19H,12H2,1H3,(H,25,28). The van der Waals surface area contributed by atoms with Gasteiger partial charge < -0.3 is 9.84 Å². The minimum Gasteiger partial charge on any atom is -0.334 e. The van der Waals surface area contributed by atoms with Gasteiger partial charge in [0.05, 0.1) is 4.88 Å². The number of rotatable bonds is 5. The second-order valence-corrected chi connectivity index (χ2v) is 8.70. The van der Waals surface area contributed by atoms with Crippen LogP contribution in [0.5, 0.6) is 0 Å². The van der Waals surface area contributed by atoms with Crippen molar-refractivity contribution < 1.29 is 13.7 Å². The van der Waals surface area contributed by atoms with Gasteiger partial charge in [0.2, 0.25) is 11.7 Å². The van der Waals surface area contributed by atoms with E-state index in [9.17, 15) is 9.18 Å². The molecule has 1 amide bonds. The van der Waals surface area contributed by atoms with Crippen molar-refractivity contribution in [3.05, 3.63) is 76.9 Å². The first-order chi connectivity index (χ1) is 14.6. The van der Waals surface area contributed by atoms with E-state index >= 15 is 0 Å². The highest BCUT2D eigenvalue weighted by Crippen LogP contribution is 2.48. The van der Waals surface area contributed by atoms with E-state index in [4.69, 9.17) is 4.52 Å². The monoisotopic (exact) mass is 419 g/mol. The molecule has 2 heterocycles. The van der Waals surface area contributed by atoms with Gasteiger partial charge in [0.15, 0.2) is 0 Å². The Kier molecular flexibility index (Phi) is 4.67. The van der Waals surface area contributed by atoms with Crippen LogP contribution in [0.15, 0.2) is 65.2 Å². The summed E-state index contributed by atoms with van der Waals surface area (Å²) >= 11 is 1.60. The molecule has 5 nitrogen and oxygen atoms in total. The summed E-state index contributed by atoms with van der Waals surface area (Å²) in [4.78, 5) is 19.2. The van der Waals surface area contributed by atoms with Crippen LogP contribution in [0.4, 0.5) is 10.1 Å². The minimum absolute atomic E-state index is 0.0663. The first-order valence-electron chi connectivity index (χ1n) is 9.64.